The summed E-state index contributed by atoms with van der Waals surface area (Å²) < 4.78 is 0. The molecule has 5 aromatic rings. The zero-order valence-electron chi connectivity index (χ0n) is 16.2. The van der Waals surface area contributed by atoms with E-state index in [1.165, 1.54) is 16.3 Å². The minimum atomic E-state index is 0.757. The van der Waals surface area contributed by atoms with E-state index < -0.39 is 0 Å². The number of benzene rings is 4. The number of nitrogens with zero attached hydrogens (tertiary/aromatic N) is 2. The Morgan fingerprint density at radius 3 is 2.07 bits per heavy atom. The average Bonchev–Trinajstić information content (AvgIpc) is 2.79. The molecule has 0 atom stereocenters. The highest BCUT2D eigenvalue weighted by molar-refractivity contribution is 5.96. The Morgan fingerprint density at radius 1 is 0.552 bits per heavy atom. The van der Waals surface area contributed by atoms with Crippen LogP contribution in [0.4, 0.5) is 0 Å². The summed E-state index contributed by atoms with van der Waals surface area (Å²) in [6.45, 7) is 2.10. The van der Waals surface area contributed by atoms with E-state index in [0.29, 0.717) is 0 Å². The zero-order valence-corrected chi connectivity index (χ0v) is 16.2. The number of hydrogen-bond acceptors (Lipinski definition) is 2. The van der Waals surface area contributed by atoms with Crippen molar-refractivity contribution in [2.45, 2.75) is 6.92 Å². The third-order valence-electron chi connectivity index (χ3n) is 5.25. The zero-order chi connectivity index (χ0) is 19.6. The molecule has 0 saturated heterocycles. The van der Waals surface area contributed by atoms with Crippen LogP contribution >= 0.6 is 0 Å². The van der Waals surface area contributed by atoms with E-state index >= 15 is 0 Å². The monoisotopic (exact) mass is 372 g/mol. The van der Waals surface area contributed by atoms with Crippen molar-refractivity contribution in [2.24, 2.45) is 0 Å². The maximum absolute atomic E-state index is 5.00. The maximum Gasteiger partial charge on any atom is 0.160 e. The van der Waals surface area contributed by atoms with Crippen LogP contribution in [0.25, 0.3) is 44.7 Å². The smallest absolute Gasteiger partial charge is 0.160 e. The van der Waals surface area contributed by atoms with Crippen molar-refractivity contribution in [3.63, 3.8) is 0 Å². The molecule has 2 nitrogen and oxygen atoms in total. The Morgan fingerprint density at radius 2 is 1.21 bits per heavy atom. The molecule has 1 aromatic heterocycles. The van der Waals surface area contributed by atoms with Gasteiger partial charge >= 0.3 is 0 Å². The molecular formula is C27H20N2. The first kappa shape index (κ1) is 17.3. The molecule has 0 aliphatic carbocycles. The van der Waals surface area contributed by atoms with Crippen LogP contribution in [0, 0.1) is 6.92 Å². The molecule has 0 amide bonds. The van der Waals surface area contributed by atoms with Crippen molar-refractivity contribution in [1.82, 2.24) is 9.97 Å². The van der Waals surface area contributed by atoms with Gasteiger partial charge in [-0.05, 0) is 29.3 Å². The molecule has 0 bridgehead atoms. The van der Waals surface area contributed by atoms with Gasteiger partial charge in [0.25, 0.3) is 0 Å². The second-order valence-corrected chi connectivity index (χ2v) is 7.17. The van der Waals surface area contributed by atoms with E-state index in [2.05, 4.69) is 79.7 Å². The highest BCUT2D eigenvalue weighted by atomic mass is 14.9. The van der Waals surface area contributed by atoms with Crippen LogP contribution in [0.5, 0.6) is 0 Å². The molecule has 0 spiro atoms. The van der Waals surface area contributed by atoms with Crippen molar-refractivity contribution < 1.29 is 0 Å². The second-order valence-electron chi connectivity index (χ2n) is 7.17. The van der Waals surface area contributed by atoms with Crippen LogP contribution in [0.3, 0.4) is 0 Å². The molecule has 29 heavy (non-hydrogen) atoms. The number of rotatable bonds is 3. The molecule has 0 unspecified atom stereocenters. The summed E-state index contributed by atoms with van der Waals surface area (Å²) in [7, 11) is 0. The van der Waals surface area contributed by atoms with Crippen molar-refractivity contribution in [3.8, 4) is 33.9 Å². The molecule has 0 saturated carbocycles. The van der Waals surface area contributed by atoms with Gasteiger partial charge in [-0.3, -0.25) is 0 Å². The van der Waals surface area contributed by atoms with Gasteiger partial charge in [0.15, 0.2) is 5.82 Å². The lowest BCUT2D eigenvalue weighted by molar-refractivity contribution is 1.18. The van der Waals surface area contributed by atoms with Gasteiger partial charge in [-0.1, -0.05) is 97.1 Å². The van der Waals surface area contributed by atoms with E-state index in [1.807, 2.05) is 30.3 Å². The molecule has 0 fully saturated rings. The molecule has 5 rings (SSSR count). The average molecular weight is 372 g/mol. The first-order valence-electron chi connectivity index (χ1n) is 9.78. The van der Waals surface area contributed by atoms with Crippen molar-refractivity contribution in [2.75, 3.05) is 0 Å². The van der Waals surface area contributed by atoms with Crippen LogP contribution in [-0.4, -0.2) is 9.97 Å². The predicted octanol–water partition coefficient (Wildman–Crippen LogP) is 6.94. The van der Waals surface area contributed by atoms with Gasteiger partial charge in [0.1, 0.15) is 0 Å². The van der Waals surface area contributed by atoms with Gasteiger partial charge in [0.2, 0.25) is 0 Å². The van der Waals surface area contributed by atoms with Crippen molar-refractivity contribution in [1.29, 1.82) is 0 Å². The number of fused-ring (bicyclic) bond motifs is 1. The van der Waals surface area contributed by atoms with Crippen LogP contribution < -0.4 is 0 Å². The van der Waals surface area contributed by atoms with E-state index in [1.54, 1.807) is 0 Å². The first-order chi connectivity index (χ1) is 14.3. The van der Waals surface area contributed by atoms with Crippen molar-refractivity contribution in [3.05, 3.63) is 109 Å². The third-order valence-corrected chi connectivity index (χ3v) is 5.25. The molecule has 0 aliphatic rings. The summed E-state index contributed by atoms with van der Waals surface area (Å²) in [6, 6.07) is 35.5. The number of aromatic nitrogens is 2. The lowest BCUT2D eigenvalue weighted by Gasteiger charge is -2.12. The molecule has 1 heterocycles. The largest absolute Gasteiger partial charge is 0.228 e. The fourth-order valence-electron chi connectivity index (χ4n) is 3.74. The molecule has 0 aliphatic heterocycles. The fraction of sp³-hybridized carbons (Fsp3) is 0.0370. The highest BCUT2D eigenvalue weighted by Crippen LogP contribution is 2.32. The molecule has 0 N–H and O–H groups in total. The topological polar surface area (TPSA) is 25.8 Å². The maximum atomic E-state index is 5.00. The number of hydrogen-bond donors (Lipinski definition) is 0. The Balaban J connectivity index is 1.79. The van der Waals surface area contributed by atoms with Crippen LogP contribution in [0.2, 0.25) is 0 Å². The van der Waals surface area contributed by atoms with Gasteiger partial charge in [-0.25, -0.2) is 9.97 Å². The third kappa shape index (κ3) is 3.30. The first-order valence-corrected chi connectivity index (χ1v) is 9.78. The predicted molar refractivity (Wildman–Crippen MR) is 121 cm³/mol. The standard InChI is InChI=1S/C27H20N2/c1-19-10-5-7-15-22(19)27-28-25(21-12-3-2-4-13-21)18-26(29-27)24-17-9-14-20-11-6-8-16-23(20)24/h2-18H,1H3. The molecule has 2 heteroatoms. The van der Waals surface area contributed by atoms with Crippen molar-refractivity contribution >= 4 is 10.8 Å². The molecular weight excluding hydrogens is 352 g/mol. The Kier molecular flexibility index (Phi) is 4.38. The summed E-state index contributed by atoms with van der Waals surface area (Å²) in [5.74, 6) is 0.757. The van der Waals surface area contributed by atoms with E-state index in [-0.39, 0.29) is 0 Å². The fourth-order valence-corrected chi connectivity index (χ4v) is 3.74. The van der Waals surface area contributed by atoms with E-state index in [9.17, 15) is 0 Å². The highest BCUT2D eigenvalue weighted by Gasteiger charge is 2.13. The molecule has 0 radical (unpaired) electrons. The minimum Gasteiger partial charge on any atom is -0.228 e. The van der Waals surface area contributed by atoms with Gasteiger partial charge in [-0.2, -0.15) is 0 Å². The van der Waals surface area contributed by atoms with Gasteiger partial charge < -0.3 is 0 Å². The Hall–Kier alpha value is -3.78. The quantitative estimate of drug-likeness (QED) is 0.343. The normalized spacial score (nSPS) is 10.9. The van der Waals surface area contributed by atoms with E-state index in [0.717, 1.165) is 33.9 Å². The summed E-state index contributed by atoms with van der Waals surface area (Å²) in [5.41, 5.74) is 6.31. The summed E-state index contributed by atoms with van der Waals surface area (Å²) in [4.78, 5) is 9.93. The van der Waals surface area contributed by atoms with E-state index in [4.69, 9.17) is 9.97 Å². The Labute approximate surface area is 170 Å². The van der Waals surface area contributed by atoms with Gasteiger partial charge in [0, 0.05) is 16.7 Å². The minimum absolute atomic E-state index is 0.757. The van der Waals surface area contributed by atoms with Crippen LogP contribution in [-0.2, 0) is 0 Å². The lowest BCUT2D eigenvalue weighted by Crippen LogP contribution is -1.97. The van der Waals surface area contributed by atoms with Crippen LogP contribution in [0.1, 0.15) is 5.56 Å². The molecule has 4 aromatic carbocycles. The number of aryl methyl sites for hydroxylation is 1. The van der Waals surface area contributed by atoms with Gasteiger partial charge in [0.05, 0.1) is 11.4 Å². The molecule has 138 valence electrons. The summed E-state index contributed by atoms with van der Waals surface area (Å²) in [5, 5.41) is 2.41. The van der Waals surface area contributed by atoms with Crippen LogP contribution in [0.15, 0.2) is 103 Å². The lowest BCUT2D eigenvalue weighted by atomic mass is 10.00. The second kappa shape index (κ2) is 7.33. The summed E-state index contributed by atoms with van der Waals surface area (Å²) in [6.07, 6.45) is 0. The Bertz CT molecular complexity index is 1300. The SMILES string of the molecule is Cc1ccccc1-c1nc(-c2ccccc2)cc(-c2cccc3ccccc23)n1. The summed E-state index contributed by atoms with van der Waals surface area (Å²) >= 11 is 0. The van der Waals surface area contributed by atoms with Gasteiger partial charge in [-0.15, -0.1) is 0 Å².